The second-order valence-corrected chi connectivity index (χ2v) is 5.70. The van der Waals surface area contributed by atoms with Crippen LogP contribution in [0.3, 0.4) is 0 Å². The highest BCUT2D eigenvalue weighted by molar-refractivity contribution is 5.89. The summed E-state index contributed by atoms with van der Waals surface area (Å²) in [5, 5.41) is 19.4. The number of oxime groups is 1. The maximum atomic E-state index is 10.6. The first-order chi connectivity index (χ1) is 11.2. The van der Waals surface area contributed by atoms with Crippen LogP contribution in [0.1, 0.15) is 26.2 Å². The fourth-order valence-electron chi connectivity index (χ4n) is 2.39. The van der Waals surface area contributed by atoms with Crippen LogP contribution in [0.15, 0.2) is 17.3 Å². The van der Waals surface area contributed by atoms with Crippen LogP contribution in [-0.2, 0) is 24.0 Å². The quantitative estimate of drug-likeness (QED) is 0.431. The van der Waals surface area contributed by atoms with Crippen molar-refractivity contribution in [3.63, 3.8) is 0 Å². The van der Waals surface area contributed by atoms with Gasteiger partial charge < -0.3 is 24.7 Å². The molecule has 2 rings (SSSR count). The molecule has 0 aliphatic carbocycles. The van der Waals surface area contributed by atoms with Gasteiger partial charge in [-0.25, -0.2) is 14.4 Å². The molecule has 9 nitrogen and oxygen atoms in total. The van der Waals surface area contributed by atoms with E-state index in [4.69, 9.17) is 14.9 Å². The number of rotatable bonds is 3. The van der Waals surface area contributed by atoms with E-state index in [9.17, 15) is 14.4 Å². The van der Waals surface area contributed by atoms with Crippen molar-refractivity contribution in [2.75, 3.05) is 26.7 Å². The second kappa shape index (κ2) is 9.14. The van der Waals surface area contributed by atoms with Gasteiger partial charge >= 0.3 is 17.9 Å². The highest BCUT2D eigenvalue weighted by atomic mass is 16.7. The number of nitrogens with zero attached hydrogens (tertiary/aromatic N) is 2. The molecule has 0 bridgehead atoms. The lowest BCUT2D eigenvalue weighted by molar-refractivity contribution is -0.141. The third-order valence-electron chi connectivity index (χ3n) is 3.64. The van der Waals surface area contributed by atoms with Crippen LogP contribution >= 0.6 is 0 Å². The van der Waals surface area contributed by atoms with Gasteiger partial charge in [0.2, 0.25) is 0 Å². The largest absolute Gasteiger partial charge is 0.478 e. The zero-order chi connectivity index (χ0) is 18.2. The van der Waals surface area contributed by atoms with E-state index in [1.165, 1.54) is 6.92 Å². The topological polar surface area (TPSA) is 126 Å². The van der Waals surface area contributed by atoms with Crippen LogP contribution in [0.25, 0.3) is 0 Å². The molecule has 0 aromatic rings. The first kappa shape index (κ1) is 19.8. The minimum Gasteiger partial charge on any atom is -0.478 e. The lowest BCUT2D eigenvalue weighted by Gasteiger charge is -2.36. The molecule has 0 radical (unpaired) electrons. The molecule has 0 aromatic heterocycles. The number of aliphatic carboxylic acids is 2. The SMILES string of the molecule is CC(=O)O/N=C1\COC2(CCN(C)CC2)C1.O=C(O)/C=C\C(=O)O. The van der Waals surface area contributed by atoms with Crippen molar-refractivity contribution in [1.82, 2.24) is 4.90 Å². The van der Waals surface area contributed by atoms with Crippen molar-refractivity contribution in [2.45, 2.75) is 31.8 Å². The number of carbonyl (C=O) groups is 3. The number of carbonyl (C=O) groups excluding carboxylic acids is 1. The van der Waals surface area contributed by atoms with E-state index >= 15 is 0 Å². The Kier molecular flexibility index (Phi) is 7.53. The van der Waals surface area contributed by atoms with E-state index in [0.29, 0.717) is 18.8 Å². The van der Waals surface area contributed by atoms with Crippen molar-refractivity contribution in [1.29, 1.82) is 0 Å². The lowest BCUT2D eigenvalue weighted by atomic mass is 9.88. The highest BCUT2D eigenvalue weighted by Gasteiger charge is 2.40. The summed E-state index contributed by atoms with van der Waals surface area (Å²) < 4.78 is 5.83. The van der Waals surface area contributed by atoms with Gasteiger partial charge in [0.15, 0.2) is 0 Å². The van der Waals surface area contributed by atoms with E-state index in [2.05, 4.69) is 21.9 Å². The molecule has 2 aliphatic rings. The molecular formula is C15H22N2O7. The van der Waals surface area contributed by atoms with Crippen LogP contribution in [0.2, 0.25) is 0 Å². The zero-order valence-electron chi connectivity index (χ0n) is 13.7. The molecule has 0 aromatic carbocycles. The monoisotopic (exact) mass is 342 g/mol. The van der Waals surface area contributed by atoms with Crippen LogP contribution < -0.4 is 0 Å². The third kappa shape index (κ3) is 7.34. The van der Waals surface area contributed by atoms with Crippen LogP contribution in [0.5, 0.6) is 0 Å². The molecule has 2 aliphatic heterocycles. The van der Waals surface area contributed by atoms with Gasteiger partial charge in [-0.15, -0.1) is 0 Å². The smallest absolute Gasteiger partial charge is 0.331 e. The van der Waals surface area contributed by atoms with Gasteiger partial charge in [-0.1, -0.05) is 5.16 Å². The van der Waals surface area contributed by atoms with Gasteiger partial charge in [0, 0.05) is 38.6 Å². The van der Waals surface area contributed by atoms with E-state index in [0.717, 1.165) is 38.1 Å². The molecule has 2 heterocycles. The van der Waals surface area contributed by atoms with E-state index in [1.807, 2.05) is 0 Å². The Morgan fingerprint density at radius 1 is 1.21 bits per heavy atom. The van der Waals surface area contributed by atoms with Crippen molar-refractivity contribution in [3.05, 3.63) is 12.2 Å². The van der Waals surface area contributed by atoms with Crippen molar-refractivity contribution < 1.29 is 34.2 Å². The minimum absolute atomic E-state index is 0.0501. The number of hydrogen-bond acceptors (Lipinski definition) is 7. The van der Waals surface area contributed by atoms with Gasteiger partial charge in [0.25, 0.3) is 0 Å². The second-order valence-electron chi connectivity index (χ2n) is 5.70. The molecule has 9 heteroatoms. The molecule has 2 saturated heterocycles. The number of hydrogen-bond donors (Lipinski definition) is 2. The molecule has 0 unspecified atom stereocenters. The number of likely N-dealkylation sites (tertiary alicyclic amines) is 1. The van der Waals surface area contributed by atoms with Crippen molar-refractivity contribution >= 4 is 23.6 Å². The van der Waals surface area contributed by atoms with E-state index < -0.39 is 11.9 Å². The maximum absolute atomic E-state index is 10.6. The van der Waals surface area contributed by atoms with Gasteiger partial charge in [-0.3, -0.25) is 0 Å². The zero-order valence-corrected chi connectivity index (χ0v) is 13.7. The predicted molar refractivity (Wildman–Crippen MR) is 83.6 cm³/mol. The average Bonchev–Trinajstić information content (AvgIpc) is 2.90. The summed E-state index contributed by atoms with van der Waals surface area (Å²) in [5.41, 5.74) is 0.797. The van der Waals surface area contributed by atoms with Crippen molar-refractivity contribution in [2.24, 2.45) is 5.16 Å². The Morgan fingerprint density at radius 2 is 1.75 bits per heavy atom. The summed E-state index contributed by atoms with van der Waals surface area (Å²) in [4.78, 5) is 36.7. The summed E-state index contributed by atoms with van der Waals surface area (Å²) in [5.74, 6) is -2.89. The maximum Gasteiger partial charge on any atom is 0.331 e. The molecular weight excluding hydrogens is 320 g/mol. The lowest BCUT2D eigenvalue weighted by Crippen LogP contribution is -2.42. The number of piperidine rings is 1. The Bertz CT molecular complexity index is 518. The summed E-state index contributed by atoms with van der Waals surface area (Å²) in [6.07, 6.45) is 3.98. The molecule has 0 saturated carbocycles. The standard InChI is InChI=1S/C11H18N2O3.C4H4O4/c1-9(14)16-12-10-7-11(15-8-10)3-5-13(2)6-4-11;5-3(6)1-2-4(7)8/h3-8H2,1-2H3;1-2H,(H,5,6)(H,7,8)/b12-10-;2-1-. The fraction of sp³-hybridized carbons (Fsp3) is 0.600. The Morgan fingerprint density at radius 3 is 2.21 bits per heavy atom. The molecule has 24 heavy (non-hydrogen) atoms. The van der Waals surface area contributed by atoms with Crippen molar-refractivity contribution in [3.8, 4) is 0 Å². The van der Waals surface area contributed by atoms with Gasteiger partial charge in [-0.2, -0.15) is 0 Å². The highest BCUT2D eigenvalue weighted by Crippen LogP contribution is 2.34. The van der Waals surface area contributed by atoms with Gasteiger partial charge in [0.05, 0.1) is 17.9 Å². The normalized spacial score (nSPS) is 21.5. The molecule has 2 N–H and O–H groups in total. The summed E-state index contributed by atoms with van der Waals surface area (Å²) in [6.45, 7) is 3.96. The number of ether oxygens (including phenoxy) is 1. The summed E-state index contributed by atoms with van der Waals surface area (Å²) >= 11 is 0. The Balaban J connectivity index is 0.000000307. The first-order valence-electron chi connectivity index (χ1n) is 7.42. The Hall–Kier alpha value is -2.26. The average molecular weight is 342 g/mol. The summed E-state index contributed by atoms with van der Waals surface area (Å²) in [7, 11) is 2.12. The van der Waals surface area contributed by atoms with Crippen LogP contribution in [-0.4, -0.2) is 71.1 Å². The Labute approximate surface area is 139 Å². The van der Waals surface area contributed by atoms with Gasteiger partial charge in [-0.05, 0) is 19.9 Å². The number of carboxylic acids is 2. The van der Waals surface area contributed by atoms with Gasteiger partial charge in [0.1, 0.15) is 0 Å². The molecule has 0 amide bonds. The summed E-state index contributed by atoms with van der Waals surface area (Å²) in [6, 6.07) is 0. The third-order valence-corrected chi connectivity index (χ3v) is 3.64. The molecule has 0 atom stereocenters. The first-order valence-corrected chi connectivity index (χ1v) is 7.42. The van der Waals surface area contributed by atoms with E-state index in [-0.39, 0.29) is 11.6 Å². The minimum atomic E-state index is -1.26. The fourth-order valence-corrected chi connectivity index (χ4v) is 2.39. The van der Waals surface area contributed by atoms with E-state index in [1.54, 1.807) is 0 Å². The van der Waals surface area contributed by atoms with Crippen LogP contribution in [0, 0.1) is 0 Å². The molecule has 1 spiro atoms. The number of carboxylic acid groups (broad SMARTS) is 2. The molecule has 2 fully saturated rings. The van der Waals surface area contributed by atoms with Crippen LogP contribution in [0.4, 0.5) is 0 Å². The molecule has 134 valence electrons. The predicted octanol–water partition coefficient (Wildman–Crippen LogP) is 0.502.